The molecule has 0 aliphatic heterocycles. The monoisotopic (exact) mass is 314 g/mol. The van der Waals surface area contributed by atoms with Gasteiger partial charge in [-0.15, -0.1) is 0 Å². The van der Waals surface area contributed by atoms with Crippen LogP contribution in [0.4, 0.5) is 0 Å². The van der Waals surface area contributed by atoms with E-state index in [1.807, 2.05) is 60.7 Å². The summed E-state index contributed by atoms with van der Waals surface area (Å²) in [4.78, 5) is 13.0. The number of carbonyl (C=O) groups excluding carboxylic acids is 1. The highest BCUT2D eigenvalue weighted by atomic mass is 16.1. The van der Waals surface area contributed by atoms with Gasteiger partial charge >= 0.3 is 0 Å². The fourth-order valence-electron chi connectivity index (χ4n) is 3.03. The summed E-state index contributed by atoms with van der Waals surface area (Å²) in [6.45, 7) is 6.61. The lowest BCUT2D eigenvalue weighted by molar-refractivity contribution is 0.103. The minimum absolute atomic E-state index is 0.0134. The van der Waals surface area contributed by atoms with Gasteiger partial charge in [-0.3, -0.25) is 4.79 Å². The van der Waals surface area contributed by atoms with E-state index in [0.29, 0.717) is 0 Å². The van der Waals surface area contributed by atoms with Crippen molar-refractivity contribution in [3.8, 4) is 11.1 Å². The van der Waals surface area contributed by atoms with Crippen LogP contribution < -0.4 is 0 Å². The molecule has 1 nitrogen and oxygen atoms in total. The fraction of sp³-hybridized carbons (Fsp3) is 0.174. The molecule has 0 saturated heterocycles. The minimum atomic E-state index is 0.0134. The second-order valence-electron chi connectivity index (χ2n) is 7.04. The highest BCUT2D eigenvalue weighted by molar-refractivity contribution is 6.13. The van der Waals surface area contributed by atoms with Gasteiger partial charge in [0.15, 0.2) is 5.78 Å². The van der Waals surface area contributed by atoms with Crippen molar-refractivity contribution in [3.63, 3.8) is 0 Å². The largest absolute Gasteiger partial charge is 0.289 e. The molecular formula is C23H22O. The molecule has 120 valence electrons. The molecule has 0 aliphatic rings. The average Bonchev–Trinajstić information content (AvgIpc) is 2.61. The number of ketones is 1. The third-order valence-electron chi connectivity index (χ3n) is 4.23. The van der Waals surface area contributed by atoms with E-state index in [4.69, 9.17) is 0 Å². The van der Waals surface area contributed by atoms with Crippen molar-refractivity contribution in [2.75, 3.05) is 0 Å². The third-order valence-corrected chi connectivity index (χ3v) is 4.23. The minimum Gasteiger partial charge on any atom is -0.289 e. The summed E-state index contributed by atoms with van der Waals surface area (Å²) in [6.07, 6.45) is 0. The number of hydrogen-bond donors (Lipinski definition) is 0. The van der Waals surface area contributed by atoms with E-state index in [1.54, 1.807) is 0 Å². The summed E-state index contributed by atoms with van der Waals surface area (Å²) in [5, 5.41) is 0. The molecule has 0 fully saturated rings. The lowest BCUT2D eigenvalue weighted by atomic mass is 9.80. The van der Waals surface area contributed by atoms with Crippen LogP contribution in [0, 0.1) is 0 Å². The van der Waals surface area contributed by atoms with Crippen molar-refractivity contribution < 1.29 is 4.79 Å². The van der Waals surface area contributed by atoms with E-state index >= 15 is 0 Å². The normalized spacial score (nSPS) is 11.3. The second-order valence-corrected chi connectivity index (χ2v) is 7.04. The van der Waals surface area contributed by atoms with Gasteiger partial charge in [0.2, 0.25) is 0 Å². The molecule has 0 spiro atoms. The first kappa shape index (κ1) is 16.2. The van der Waals surface area contributed by atoms with Crippen LogP contribution in [0.1, 0.15) is 42.3 Å². The molecule has 3 aromatic rings. The van der Waals surface area contributed by atoms with Crippen molar-refractivity contribution in [1.82, 2.24) is 0 Å². The van der Waals surface area contributed by atoms with Crippen LogP contribution in [0.15, 0.2) is 78.9 Å². The van der Waals surface area contributed by atoms with Crippen LogP contribution in [-0.4, -0.2) is 5.78 Å². The first-order valence-electron chi connectivity index (χ1n) is 8.27. The maximum Gasteiger partial charge on any atom is 0.193 e. The maximum atomic E-state index is 13.0. The molecule has 3 rings (SSSR count). The van der Waals surface area contributed by atoms with Crippen molar-refractivity contribution in [1.29, 1.82) is 0 Å². The van der Waals surface area contributed by atoms with Crippen LogP contribution in [0.25, 0.3) is 11.1 Å². The van der Waals surface area contributed by atoms with Crippen LogP contribution in [0.5, 0.6) is 0 Å². The van der Waals surface area contributed by atoms with Crippen LogP contribution in [0.2, 0.25) is 0 Å². The Labute approximate surface area is 144 Å². The molecule has 0 saturated carbocycles. The van der Waals surface area contributed by atoms with Crippen LogP contribution >= 0.6 is 0 Å². The lowest BCUT2D eigenvalue weighted by Gasteiger charge is -2.24. The number of carbonyl (C=O) groups is 1. The molecule has 0 aliphatic carbocycles. The van der Waals surface area contributed by atoms with E-state index in [0.717, 1.165) is 22.3 Å². The first-order chi connectivity index (χ1) is 11.5. The van der Waals surface area contributed by atoms with E-state index in [2.05, 4.69) is 39.0 Å². The summed E-state index contributed by atoms with van der Waals surface area (Å²) < 4.78 is 0. The molecule has 0 bridgehead atoms. The standard InChI is InChI=1S/C23H22O/c1-23(2,3)21-16-10-9-14-19(21)18-13-7-8-15-20(18)22(24)17-11-5-4-6-12-17/h4-16H,1-3H3. The van der Waals surface area contributed by atoms with Gasteiger partial charge in [0.1, 0.15) is 0 Å². The van der Waals surface area contributed by atoms with Gasteiger partial charge in [0.25, 0.3) is 0 Å². The molecule has 24 heavy (non-hydrogen) atoms. The predicted octanol–water partition coefficient (Wildman–Crippen LogP) is 5.88. The summed E-state index contributed by atoms with van der Waals surface area (Å²) in [5.74, 6) is 0.0647. The number of hydrogen-bond acceptors (Lipinski definition) is 1. The Bertz CT molecular complexity index is 854. The molecule has 0 amide bonds. The Hall–Kier alpha value is -2.67. The smallest absolute Gasteiger partial charge is 0.193 e. The third kappa shape index (κ3) is 3.16. The van der Waals surface area contributed by atoms with Gasteiger partial charge in [0.05, 0.1) is 0 Å². The van der Waals surface area contributed by atoms with Crippen molar-refractivity contribution in [2.45, 2.75) is 26.2 Å². The Kier molecular flexibility index (Phi) is 4.35. The van der Waals surface area contributed by atoms with E-state index in [1.165, 1.54) is 5.56 Å². The molecule has 0 aromatic heterocycles. The zero-order valence-electron chi connectivity index (χ0n) is 14.4. The summed E-state index contributed by atoms with van der Waals surface area (Å²) in [5.41, 5.74) is 4.86. The molecular weight excluding hydrogens is 292 g/mol. The Morgan fingerprint density at radius 1 is 0.667 bits per heavy atom. The highest BCUT2D eigenvalue weighted by Crippen LogP contribution is 2.35. The Balaban J connectivity index is 2.17. The average molecular weight is 314 g/mol. The zero-order chi connectivity index (χ0) is 17.2. The molecule has 1 heteroatoms. The topological polar surface area (TPSA) is 17.1 Å². The zero-order valence-corrected chi connectivity index (χ0v) is 14.4. The molecule has 0 heterocycles. The van der Waals surface area contributed by atoms with Gasteiger partial charge in [-0.2, -0.15) is 0 Å². The summed E-state index contributed by atoms with van der Waals surface area (Å²) in [6, 6.07) is 25.7. The molecule has 0 N–H and O–H groups in total. The van der Waals surface area contributed by atoms with E-state index < -0.39 is 0 Å². The molecule has 0 unspecified atom stereocenters. The van der Waals surface area contributed by atoms with Crippen LogP contribution in [0.3, 0.4) is 0 Å². The SMILES string of the molecule is CC(C)(C)c1ccccc1-c1ccccc1C(=O)c1ccccc1. The first-order valence-corrected chi connectivity index (χ1v) is 8.27. The van der Waals surface area contributed by atoms with E-state index in [-0.39, 0.29) is 11.2 Å². The van der Waals surface area contributed by atoms with Gasteiger partial charge in [-0.25, -0.2) is 0 Å². The number of benzene rings is 3. The molecule has 0 atom stereocenters. The van der Waals surface area contributed by atoms with Crippen molar-refractivity contribution >= 4 is 5.78 Å². The van der Waals surface area contributed by atoms with Crippen molar-refractivity contribution in [2.24, 2.45) is 0 Å². The van der Waals surface area contributed by atoms with E-state index in [9.17, 15) is 4.79 Å². The summed E-state index contributed by atoms with van der Waals surface area (Å²) in [7, 11) is 0. The Morgan fingerprint density at radius 3 is 1.88 bits per heavy atom. The van der Waals surface area contributed by atoms with Crippen LogP contribution in [-0.2, 0) is 5.41 Å². The lowest BCUT2D eigenvalue weighted by Crippen LogP contribution is -2.13. The highest BCUT2D eigenvalue weighted by Gasteiger charge is 2.21. The molecule has 0 radical (unpaired) electrons. The molecule has 3 aromatic carbocycles. The second kappa shape index (κ2) is 6.45. The van der Waals surface area contributed by atoms with Gasteiger partial charge < -0.3 is 0 Å². The maximum absolute atomic E-state index is 13.0. The number of rotatable bonds is 3. The van der Waals surface area contributed by atoms with Gasteiger partial charge in [-0.1, -0.05) is 99.6 Å². The fourth-order valence-corrected chi connectivity index (χ4v) is 3.03. The van der Waals surface area contributed by atoms with Gasteiger partial charge in [-0.05, 0) is 22.1 Å². The quantitative estimate of drug-likeness (QED) is 0.551. The van der Waals surface area contributed by atoms with Gasteiger partial charge in [0, 0.05) is 11.1 Å². The van der Waals surface area contributed by atoms with Crippen molar-refractivity contribution in [3.05, 3.63) is 95.6 Å². The Morgan fingerprint density at radius 2 is 1.21 bits per heavy atom. The predicted molar refractivity (Wildman–Crippen MR) is 100 cm³/mol. The summed E-state index contributed by atoms with van der Waals surface area (Å²) >= 11 is 0.